The summed E-state index contributed by atoms with van der Waals surface area (Å²) < 4.78 is 4.84. The SMILES string of the molecule is COC[C@H](O)CNc1c(C(=O)O)cnc2ccccc12. The summed E-state index contributed by atoms with van der Waals surface area (Å²) in [6.07, 6.45) is 0.601. The van der Waals surface area contributed by atoms with Crippen molar-refractivity contribution in [3.63, 3.8) is 0 Å². The van der Waals surface area contributed by atoms with E-state index in [1.165, 1.54) is 13.3 Å². The van der Waals surface area contributed by atoms with E-state index in [1.807, 2.05) is 12.1 Å². The van der Waals surface area contributed by atoms with Gasteiger partial charge < -0.3 is 20.3 Å². The highest BCUT2D eigenvalue weighted by atomic mass is 16.5. The largest absolute Gasteiger partial charge is 0.478 e. The van der Waals surface area contributed by atoms with Crippen LogP contribution < -0.4 is 5.32 Å². The summed E-state index contributed by atoms with van der Waals surface area (Å²) in [5.74, 6) is -1.06. The van der Waals surface area contributed by atoms with Gasteiger partial charge in [0.1, 0.15) is 5.56 Å². The first-order valence-corrected chi connectivity index (χ1v) is 6.15. The lowest BCUT2D eigenvalue weighted by Crippen LogP contribution is -2.25. The lowest BCUT2D eigenvalue weighted by atomic mass is 10.1. The number of fused-ring (bicyclic) bond motifs is 1. The van der Waals surface area contributed by atoms with Crippen LogP contribution in [0.15, 0.2) is 30.5 Å². The monoisotopic (exact) mass is 276 g/mol. The van der Waals surface area contributed by atoms with Gasteiger partial charge in [0.25, 0.3) is 0 Å². The number of hydrogen-bond acceptors (Lipinski definition) is 5. The van der Waals surface area contributed by atoms with Gasteiger partial charge in [-0.2, -0.15) is 0 Å². The lowest BCUT2D eigenvalue weighted by molar-refractivity contribution is 0.0693. The van der Waals surface area contributed by atoms with Gasteiger partial charge in [0.2, 0.25) is 0 Å². The van der Waals surface area contributed by atoms with Gasteiger partial charge in [-0.05, 0) is 6.07 Å². The van der Waals surface area contributed by atoms with Crippen molar-refractivity contribution >= 4 is 22.6 Å². The molecule has 0 spiro atoms. The Labute approximate surface area is 116 Å². The first-order valence-electron chi connectivity index (χ1n) is 6.15. The predicted molar refractivity (Wildman–Crippen MR) is 75.1 cm³/mol. The number of anilines is 1. The molecule has 0 radical (unpaired) electrons. The number of aromatic carboxylic acids is 1. The second-order valence-electron chi connectivity index (χ2n) is 4.36. The minimum Gasteiger partial charge on any atom is -0.478 e. The van der Waals surface area contributed by atoms with Crippen LogP contribution >= 0.6 is 0 Å². The minimum absolute atomic E-state index is 0.0771. The van der Waals surface area contributed by atoms with Crippen LogP contribution in [0.3, 0.4) is 0 Å². The van der Waals surface area contributed by atoms with Crippen molar-refractivity contribution in [3.8, 4) is 0 Å². The zero-order valence-corrected chi connectivity index (χ0v) is 11.0. The van der Waals surface area contributed by atoms with Gasteiger partial charge in [-0.1, -0.05) is 18.2 Å². The molecule has 1 atom stereocenters. The Bertz CT molecular complexity index is 615. The Morgan fingerprint density at radius 2 is 2.20 bits per heavy atom. The van der Waals surface area contributed by atoms with Crippen LogP contribution in [-0.4, -0.2) is 47.5 Å². The van der Waals surface area contributed by atoms with E-state index in [0.29, 0.717) is 16.6 Å². The average Bonchev–Trinajstić information content (AvgIpc) is 2.44. The number of pyridine rings is 1. The van der Waals surface area contributed by atoms with Crippen LogP contribution in [-0.2, 0) is 4.74 Å². The van der Waals surface area contributed by atoms with E-state index in [4.69, 9.17) is 4.74 Å². The van der Waals surface area contributed by atoms with Gasteiger partial charge in [0.05, 0.1) is 23.9 Å². The molecular weight excluding hydrogens is 260 g/mol. The number of nitrogens with one attached hydrogen (secondary N) is 1. The van der Waals surface area contributed by atoms with E-state index in [1.54, 1.807) is 12.1 Å². The zero-order chi connectivity index (χ0) is 14.5. The molecule has 1 aromatic carbocycles. The molecule has 0 bridgehead atoms. The molecule has 0 aliphatic carbocycles. The maximum Gasteiger partial charge on any atom is 0.339 e. The van der Waals surface area contributed by atoms with Crippen LogP contribution in [0.25, 0.3) is 10.9 Å². The average molecular weight is 276 g/mol. The number of methoxy groups -OCH3 is 1. The number of carbonyl (C=O) groups is 1. The highest BCUT2D eigenvalue weighted by molar-refractivity contribution is 6.04. The van der Waals surface area contributed by atoms with Crippen molar-refractivity contribution in [1.82, 2.24) is 4.98 Å². The number of hydrogen-bond donors (Lipinski definition) is 3. The summed E-state index contributed by atoms with van der Waals surface area (Å²) >= 11 is 0. The van der Waals surface area contributed by atoms with Crippen LogP contribution in [0.2, 0.25) is 0 Å². The van der Waals surface area contributed by atoms with E-state index in [9.17, 15) is 15.0 Å². The standard InChI is InChI=1S/C14H16N2O4/c1-20-8-9(17)6-16-13-10-4-2-3-5-12(10)15-7-11(13)14(18)19/h2-5,7,9,17H,6,8H2,1H3,(H,15,16)(H,18,19)/t9-/m1/s1. The molecule has 0 aliphatic rings. The van der Waals surface area contributed by atoms with Crippen molar-refractivity contribution in [1.29, 1.82) is 0 Å². The Kier molecular flexibility index (Phi) is 4.49. The van der Waals surface area contributed by atoms with Crippen molar-refractivity contribution in [2.75, 3.05) is 25.6 Å². The second-order valence-corrected chi connectivity index (χ2v) is 4.36. The van der Waals surface area contributed by atoms with E-state index < -0.39 is 12.1 Å². The normalized spacial score (nSPS) is 12.3. The molecule has 2 aromatic rings. The van der Waals surface area contributed by atoms with Crippen molar-refractivity contribution in [2.45, 2.75) is 6.10 Å². The fraction of sp³-hybridized carbons (Fsp3) is 0.286. The van der Waals surface area contributed by atoms with Gasteiger partial charge in [-0.25, -0.2) is 4.79 Å². The minimum atomic E-state index is -1.06. The molecule has 0 fully saturated rings. The Balaban J connectivity index is 2.37. The number of carboxylic acid groups (broad SMARTS) is 1. The molecule has 0 saturated carbocycles. The molecule has 6 nitrogen and oxygen atoms in total. The van der Waals surface area contributed by atoms with Gasteiger partial charge in [0.15, 0.2) is 0 Å². The highest BCUT2D eigenvalue weighted by Gasteiger charge is 2.15. The van der Waals surface area contributed by atoms with E-state index in [0.717, 1.165) is 0 Å². The van der Waals surface area contributed by atoms with E-state index in [-0.39, 0.29) is 18.7 Å². The van der Waals surface area contributed by atoms with E-state index >= 15 is 0 Å². The zero-order valence-electron chi connectivity index (χ0n) is 11.0. The Morgan fingerprint density at radius 1 is 1.45 bits per heavy atom. The first kappa shape index (κ1) is 14.2. The number of rotatable bonds is 6. The van der Waals surface area contributed by atoms with Crippen LogP contribution in [0.1, 0.15) is 10.4 Å². The smallest absolute Gasteiger partial charge is 0.339 e. The molecule has 2 rings (SSSR count). The Morgan fingerprint density at radius 3 is 2.90 bits per heavy atom. The molecule has 0 amide bonds. The highest BCUT2D eigenvalue weighted by Crippen LogP contribution is 2.25. The molecule has 106 valence electrons. The molecule has 0 unspecified atom stereocenters. The number of nitrogens with zero attached hydrogens (tertiary/aromatic N) is 1. The fourth-order valence-electron chi connectivity index (χ4n) is 1.97. The van der Waals surface area contributed by atoms with Crippen LogP contribution in [0, 0.1) is 0 Å². The fourth-order valence-corrected chi connectivity index (χ4v) is 1.97. The van der Waals surface area contributed by atoms with Crippen molar-refractivity contribution < 1.29 is 19.7 Å². The number of ether oxygens (including phenoxy) is 1. The Hall–Kier alpha value is -2.18. The number of carboxylic acids is 1. The quantitative estimate of drug-likeness (QED) is 0.737. The number of aliphatic hydroxyl groups excluding tert-OH is 1. The molecule has 3 N–H and O–H groups in total. The maximum absolute atomic E-state index is 11.3. The third-order valence-corrected chi connectivity index (χ3v) is 2.88. The molecule has 6 heteroatoms. The van der Waals surface area contributed by atoms with Gasteiger partial charge >= 0.3 is 5.97 Å². The molecular formula is C14H16N2O4. The van der Waals surface area contributed by atoms with E-state index in [2.05, 4.69) is 10.3 Å². The number of aromatic nitrogens is 1. The van der Waals surface area contributed by atoms with Crippen molar-refractivity contribution in [2.24, 2.45) is 0 Å². The summed E-state index contributed by atoms with van der Waals surface area (Å²) in [4.78, 5) is 15.4. The summed E-state index contributed by atoms with van der Waals surface area (Å²) in [6.45, 7) is 0.376. The molecule has 0 saturated heterocycles. The topological polar surface area (TPSA) is 91.7 Å². The summed E-state index contributed by atoms with van der Waals surface area (Å²) in [5, 5.41) is 22.6. The summed E-state index contributed by atoms with van der Waals surface area (Å²) in [7, 11) is 1.49. The number of para-hydroxylation sites is 1. The number of aliphatic hydroxyl groups is 1. The van der Waals surface area contributed by atoms with Gasteiger partial charge in [0, 0.05) is 25.2 Å². The number of benzene rings is 1. The van der Waals surface area contributed by atoms with Crippen LogP contribution in [0.4, 0.5) is 5.69 Å². The lowest BCUT2D eigenvalue weighted by Gasteiger charge is -2.15. The van der Waals surface area contributed by atoms with Gasteiger partial charge in [-0.15, -0.1) is 0 Å². The van der Waals surface area contributed by atoms with Gasteiger partial charge in [-0.3, -0.25) is 4.98 Å². The molecule has 20 heavy (non-hydrogen) atoms. The second kappa shape index (κ2) is 6.31. The predicted octanol–water partition coefficient (Wildman–Crippen LogP) is 1.35. The molecule has 0 aliphatic heterocycles. The third kappa shape index (κ3) is 3.04. The molecule has 1 heterocycles. The summed E-state index contributed by atoms with van der Waals surface area (Å²) in [6, 6.07) is 7.24. The first-order chi connectivity index (χ1) is 9.63. The molecule has 1 aromatic heterocycles. The maximum atomic E-state index is 11.3. The third-order valence-electron chi connectivity index (χ3n) is 2.88. The summed E-state index contributed by atoms with van der Waals surface area (Å²) in [5.41, 5.74) is 1.23. The van der Waals surface area contributed by atoms with Crippen LogP contribution in [0.5, 0.6) is 0 Å². The van der Waals surface area contributed by atoms with Crippen molar-refractivity contribution in [3.05, 3.63) is 36.0 Å².